The van der Waals surface area contributed by atoms with Gasteiger partial charge in [-0.3, -0.25) is 4.79 Å². The zero-order chi connectivity index (χ0) is 15.4. The van der Waals surface area contributed by atoms with Gasteiger partial charge in [0.15, 0.2) is 0 Å². The number of carbonyl (C=O) groups is 1. The molecule has 1 fully saturated rings. The molecule has 2 heterocycles. The quantitative estimate of drug-likeness (QED) is 0.896. The van der Waals surface area contributed by atoms with Crippen LogP contribution < -0.4 is 16.0 Å². The van der Waals surface area contributed by atoms with Crippen LogP contribution in [-0.4, -0.2) is 35.0 Å². The van der Waals surface area contributed by atoms with Gasteiger partial charge in [-0.05, 0) is 31.0 Å². The molecule has 6 nitrogen and oxygen atoms in total. The Morgan fingerprint density at radius 1 is 1.23 bits per heavy atom. The van der Waals surface area contributed by atoms with Gasteiger partial charge >= 0.3 is 0 Å². The Morgan fingerprint density at radius 2 is 2.00 bits per heavy atom. The number of benzene rings is 1. The predicted molar refractivity (Wildman–Crippen MR) is 85.8 cm³/mol. The summed E-state index contributed by atoms with van der Waals surface area (Å²) in [6.45, 7) is 1.71. The molecule has 1 aromatic carbocycles. The first-order valence-electron chi connectivity index (χ1n) is 7.41. The molecule has 6 heteroatoms. The van der Waals surface area contributed by atoms with Crippen molar-refractivity contribution in [1.82, 2.24) is 9.97 Å². The van der Waals surface area contributed by atoms with Crippen LogP contribution in [0.25, 0.3) is 0 Å². The molecule has 0 radical (unpaired) electrons. The minimum atomic E-state index is -0.392. The van der Waals surface area contributed by atoms with Gasteiger partial charge in [0.05, 0.1) is 5.56 Å². The summed E-state index contributed by atoms with van der Waals surface area (Å²) in [5.41, 5.74) is 6.95. The normalized spacial score (nSPS) is 18.0. The Bertz CT molecular complexity index is 646. The lowest BCUT2D eigenvalue weighted by Crippen LogP contribution is -2.43. The van der Waals surface area contributed by atoms with Crippen molar-refractivity contribution in [3.63, 3.8) is 0 Å². The predicted octanol–water partition coefficient (Wildman–Crippen LogP) is 1.66. The number of aromatic nitrogens is 2. The summed E-state index contributed by atoms with van der Waals surface area (Å²) in [7, 11) is 0. The van der Waals surface area contributed by atoms with Gasteiger partial charge in [0, 0.05) is 37.2 Å². The van der Waals surface area contributed by atoms with Gasteiger partial charge in [-0.2, -0.15) is 0 Å². The Labute approximate surface area is 129 Å². The molecule has 0 aliphatic carbocycles. The summed E-state index contributed by atoms with van der Waals surface area (Å²) in [6.07, 6.45) is 5.53. The van der Waals surface area contributed by atoms with E-state index < -0.39 is 5.91 Å². The van der Waals surface area contributed by atoms with Gasteiger partial charge in [-0.1, -0.05) is 12.1 Å². The lowest BCUT2D eigenvalue weighted by Gasteiger charge is -2.35. The summed E-state index contributed by atoms with van der Waals surface area (Å²) < 4.78 is 0. The number of hydrogen-bond acceptors (Lipinski definition) is 5. The lowest BCUT2D eigenvalue weighted by molar-refractivity contribution is 0.100. The molecule has 1 aliphatic rings. The minimum Gasteiger partial charge on any atom is -0.369 e. The van der Waals surface area contributed by atoms with Crippen molar-refractivity contribution in [3.05, 3.63) is 48.3 Å². The number of nitrogens with two attached hydrogens (primary N) is 1. The number of nitrogens with one attached hydrogen (secondary N) is 1. The van der Waals surface area contributed by atoms with E-state index in [4.69, 9.17) is 5.73 Å². The first-order chi connectivity index (χ1) is 10.7. The maximum Gasteiger partial charge on any atom is 0.250 e. The van der Waals surface area contributed by atoms with E-state index in [9.17, 15) is 4.79 Å². The van der Waals surface area contributed by atoms with E-state index in [0.29, 0.717) is 11.5 Å². The lowest BCUT2D eigenvalue weighted by atomic mass is 10.0. The number of anilines is 2. The molecule has 3 rings (SSSR count). The second-order valence-electron chi connectivity index (χ2n) is 5.38. The van der Waals surface area contributed by atoms with Crippen molar-refractivity contribution in [2.75, 3.05) is 23.3 Å². The van der Waals surface area contributed by atoms with Gasteiger partial charge in [-0.15, -0.1) is 0 Å². The number of carbonyl (C=O) groups excluding carboxylic acids is 1. The zero-order valence-electron chi connectivity index (χ0n) is 12.3. The molecule has 1 atom stereocenters. The van der Waals surface area contributed by atoms with Crippen molar-refractivity contribution in [2.24, 2.45) is 5.73 Å². The zero-order valence-corrected chi connectivity index (χ0v) is 12.3. The first-order valence-corrected chi connectivity index (χ1v) is 7.41. The Balaban J connectivity index is 1.75. The number of primary amides is 1. The molecule has 0 spiro atoms. The number of piperidine rings is 1. The van der Waals surface area contributed by atoms with E-state index in [1.807, 2.05) is 18.2 Å². The Hall–Kier alpha value is -2.63. The largest absolute Gasteiger partial charge is 0.369 e. The fraction of sp³-hybridized carbons (Fsp3) is 0.312. The van der Waals surface area contributed by atoms with Crippen LogP contribution in [0.1, 0.15) is 23.2 Å². The fourth-order valence-electron chi connectivity index (χ4n) is 2.83. The average Bonchev–Trinajstić information content (AvgIpc) is 2.56. The third-order valence-electron chi connectivity index (χ3n) is 3.83. The molecular formula is C16H19N5O. The maximum absolute atomic E-state index is 11.6. The molecule has 0 saturated carbocycles. The van der Waals surface area contributed by atoms with Crippen LogP contribution in [0.15, 0.2) is 42.7 Å². The van der Waals surface area contributed by atoms with Crippen molar-refractivity contribution in [1.29, 1.82) is 0 Å². The van der Waals surface area contributed by atoms with Gasteiger partial charge < -0.3 is 16.0 Å². The second-order valence-corrected chi connectivity index (χ2v) is 5.38. The molecule has 3 N–H and O–H groups in total. The van der Waals surface area contributed by atoms with Crippen LogP contribution in [-0.2, 0) is 0 Å². The number of rotatable bonds is 4. The second kappa shape index (κ2) is 6.43. The summed E-state index contributed by atoms with van der Waals surface area (Å²) in [5.74, 6) is 0.245. The van der Waals surface area contributed by atoms with E-state index >= 15 is 0 Å². The highest BCUT2D eigenvalue weighted by atomic mass is 16.1. The van der Waals surface area contributed by atoms with E-state index in [-0.39, 0.29) is 6.04 Å². The van der Waals surface area contributed by atoms with E-state index in [1.165, 1.54) is 0 Å². The van der Waals surface area contributed by atoms with Crippen LogP contribution in [0.4, 0.5) is 11.6 Å². The minimum absolute atomic E-state index is 0.247. The van der Waals surface area contributed by atoms with Crippen LogP contribution in [0.2, 0.25) is 0 Å². The maximum atomic E-state index is 11.6. The summed E-state index contributed by atoms with van der Waals surface area (Å²) in [4.78, 5) is 22.2. The highest BCUT2D eigenvalue weighted by Gasteiger charge is 2.23. The topological polar surface area (TPSA) is 84.1 Å². The molecular weight excluding hydrogens is 278 g/mol. The van der Waals surface area contributed by atoms with Crippen molar-refractivity contribution >= 4 is 17.5 Å². The number of amides is 1. The Kier molecular flexibility index (Phi) is 4.18. The van der Waals surface area contributed by atoms with Crippen LogP contribution in [0.5, 0.6) is 0 Å². The van der Waals surface area contributed by atoms with Gasteiger partial charge in [-0.25, -0.2) is 9.97 Å². The van der Waals surface area contributed by atoms with E-state index in [0.717, 1.165) is 31.6 Å². The van der Waals surface area contributed by atoms with Crippen LogP contribution in [0, 0.1) is 0 Å². The smallest absolute Gasteiger partial charge is 0.250 e. The third kappa shape index (κ3) is 3.16. The average molecular weight is 297 g/mol. The van der Waals surface area contributed by atoms with Crippen molar-refractivity contribution in [2.45, 2.75) is 18.9 Å². The number of para-hydroxylation sites is 1. The van der Waals surface area contributed by atoms with Gasteiger partial charge in [0.25, 0.3) is 5.91 Å². The number of nitrogens with zero attached hydrogens (tertiary/aromatic N) is 3. The number of hydrogen-bond donors (Lipinski definition) is 2. The molecule has 1 saturated heterocycles. The van der Waals surface area contributed by atoms with E-state index in [1.54, 1.807) is 24.5 Å². The van der Waals surface area contributed by atoms with Crippen molar-refractivity contribution < 1.29 is 4.79 Å². The molecule has 1 aromatic heterocycles. The van der Waals surface area contributed by atoms with E-state index in [2.05, 4.69) is 20.2 Å². The molecule has 114 valence electrons. The summed E-state index contributed by atoms with van der Waals surface area (Å²) in [6, 6.07) is 9.52. The molecule has 1 amide bonds. The fourth-order valence-corrected chi connectivity index (χ4v) is 2.83. The molecule has 0 bridgehead atoms. The SMILES string of the molecule is NC(=O)c1ccccc1N1CCCC(Nc2ncccn2)C1. The summed E-state index contributed by atoms with van der Waals surface area (Å²) in [5, 5.41) is 3.35. The van der Waals surface area contributed by atoms with Gasteiger partial charge in [0.1, 0.15) is 0 Å². The van der Waals surface area contributed by atoms with Crippen LogP contribution in [0.3, 0.4) is 0 Å². The summed E-state index contributed by atoms with van der Waals surface area (Å²) >= 11 is 0. The molecule has 22 heavy (non-hydrogen) atoms. The third-order valence-corrected chi connectivity index (χ3v) is 3.83. The standard InChI is InChI=1S/C16H19N5O/c17-15(22)13-6-1-2-7-14(13)21-10-3-5-12(11-21)20-16-18-8-4-9-19-16/h1-2,4,6-9,12H,3,5,10-11H2,(H2,17,22)(H,18,19,20). The van der Waals surface area contributed by atoms with Crippen molar-refractivity contribution in [3.8, 4) is 0 Å². The molecule has 2 aromatic rings. The Morgan fingerprint density at radius 3 is 2.77 bits per heavy atom. The highest BCUT2D eigenvalue weighted by Crippen LogP contribution is 2.24. The molecule has 1 unspecified atom stereocenters. The highest BCUT2D eigenvalue weighted by molar-refractivity contribution is 5.98. The first kappa shape index (κ1) is 14.3. The van der Waals surface area contributed by atoms with Gasteiger partial charge in [0.2, 0.25) is 5.95 Å². The van der Waals surface area contributed by atoms with Crippen LogP contribution >= 0.6 is 0 Å². The molecule has 1 aliphatic heterocycles. The monoisotopic (exact) mass is 297 g/mol.